The number of ether oxygens (including phenoxy) is 2. The molecule has 5 aromatic heterocycles. The van der Waals surface area contributed by atoms with Crippen molar-refractivity contribution >= 4 is 154 Å². The van der Waals surface area contributed by atoms with E-state index < -0.39 is 20.2 Å². The van der Waals surface area contributed by atoms with Gasteiger partial charge in [0.15, 0.2) is 35.1 Å². The average Bonchev–Trinajstić information content (AvgIpc) is 4.13. The van der Waals surface area contributed by atoms with Crippen LogP contribution in [0.1, 0.15) is 33.3 Å². The third kappa shape index (κ3) is 11.0. The lowest BCUT2D eigenvalue weighted by molar-refractivity contribution is 0.406. The molecule has 0 aliphatic heterocycles. The average molecular weight is 1080 g/mol. The second-order valence-corrected chi connectivity index (χ2v) is 22.2. The first-order valence-electron chi connectivity index (χ1n) is 21.1. The summed E-state index contributed by atoms with van der Waals surface area (Å²) in [6.45, 7) is 11.1. The first-order valence-corrected chi connectivity index (χ1v) is 28.2. The number of fused-ring (bicyclic) bond motifs is 2. The van der Waals surface area contributed by atoms with Gasteiger partial charge in [-0.05, 0) is 92.7 Å². The van der Waals surface area contributed by atoms with Crippen molar-refractivity contribution in [3.05, 3.63) is 72.3 Å². The van der Waals surface area contributed by atoms with Crippen LogP contribution in [0.2, 0.25) is 0 Å². The Morgan fingerprint density at radius 2 is 1.07 bits per heavy atom. The number of nitrogens with one attached hydrogen (secondary N) is 2. The van der Waals surface area contributed by atoms with E-state index in [0.717, 1.165) is 88.9 Å². The molecule has 0 bridgehead atoms. The summed E-state index contributed by atoms with van der Waals surface area (Å²) in [6.07, 6.45) is 0. The molecule has 3 aromatic carbocycles. The summed E-state index contributed by atoms with van der Waals surface area (Å²) in [5.41, 5.74) is 4.54. The Labute approximate surface area is 422 Å². The van der Waals surface area contributed by atoms with E-state index in [4.69, 9.17) is 24.4 Å². The van der Waals surface area contributed by atoms with Crippen LogP contribution >= 0.6 is 57.5 Å². The highest BCUT2D eigenvalue weighted by Gasteiger charge is 2.29. The minimum absolute atomic E-state index is 0.0729. The zero-order valence-corrected chi connectivity index (χ0v) is 43.7. The zero-order chi connectivity index (χ0) is 49.7. The minimum Gasteiger partial charge on any atom is -0.494 e. The van der Waals surface area contributed by atoms with E-state index in [1.54, 1.807) is 12.1 Å². The number of benzene rings is 3. The van der Waals surface area contributed by atoms with E-state index in [1.165, 1.54) is 26.0 Å². The monoisotopic (exact) mass is 1080 g/mol. The molecule has 0 saturated heterocycles. The molecule has 0 aliphatic carbocycles. The molecule has 5 heterocycles. The van der Waals surface area contributed by atoms with Gasteiger partial charge in [-0.25, -0.2) is 0 Å². The summed E-state index contributed by atoms with van der Waals surface area (Å²) < 4.78 is 87.1. The van der Waals surface area contributed by atoms with Gasteiger partial charge in [0, 0.05) is 43.3 Å². The summed E-state index contributed by atoms with van der Waals surface area (Å²) in [6, 6.07) is 21.1. The van der Waals surface area contributed by atoms with Gasteiger partial charge in [0.05, 0.1) is 36.4 Å². The lowest BCUT2D eigenvalue weighted by Crippen LogP contribution is -2.21. The fraction of sp³-hybridized carbons (Fsp3) is 0.262. The molecule has 8 aromatic rings. The molecule has 70 heavy (non-hydrogen) atoms. The van der Waals surface area contributed by atoms with Crippen molar-refractivity contribution in [1.29, 1.82) is 0 Å². The maximum Gasteiger partial charge on any atom is 0.307 e. The van der Waals surface area contributed by atoms with Crippen LogP contribution in [0.15, 0.2) is 101 Å². The van der Waals surface area contributed by atoms with Crippen molar-refractivity contribution in [2.45, 2.75) is 47.0 Å². The Balaban J connectivity index is 1.21. The number of thioether (sulfide) groups is 1. The van der Waals surface area contributed by atoms with Crippen molar-refractivity contribution in [3.8, 4) is 11.5 Å². The number of azo groups is 2. The van der Waals surface area contributed by atoms with Crippen LogP contribution in [0.4, 0.5) is 56.0 Å². The predicted octanol–water partition coefficient (Wildman–Crippen LogP) is 12.0. The summed E-state index contributed by atoms with van der Waals surface area (Å²) >= 11 is 4.94. The van der Waals surface area contributed by atoms with Gasteiger partial charge in [0.1, 0.15) is 21.0 Å². The van der Waals surface area contributed by atoms with Crippen LogP contribution in [0.25, 0.3) is 20.4 Å². The van der Waals surface area contributed by atoms with Crippen molar-refractivity contribution in [3.63, 3.8) is 0 Å². The summed E-state index contributed by atoms with van der Waals surface area (Å²) in [5.74, 6) is 0.717. The van der Waals surface area contributed by atoms with Crippen LogP contribution in [-0.4, -0.2) is 90.0 Å². The highest BCUT2D eigenvalue weighted by Crippen LogP contribution is 2.49. The van der Waals surface area contributed by atoms with Crippen LogP contribution in [-0.2, 0) is 26.0 Å². The molecule has 4 N–H and O–H groups in total. The lowest BCUT2D eigenvalue weighted by atomic mass is 10.2. The van der Waals surface area contributed by atoms with Gasteiger partial charge in [-0.15, -0.1) is 20.5 Å². The molecule has 0 unspecified atom stereocenters. The van der Waals surface area contributed by atoms with E-state index in [9.17, 15) is 25.9 Å². The van der Waals surface area contributed by atoms with Gasteiger partial charge in [0.25, 0.3) is 0 Å². The van der Waals surface area contributed by atoms with Gasteiger partial charge in [0.2, 0.25) is 11.9 Å². The van der Waals surface area contributed by atoms with Crippen molar-refractivity contribution in [1.82, 2.24) is 23.7 Å². The molecule has 366 valence electrons. The zero-order valence-electron chi connectivity index (χ0n) is 38.0. The second-order valence-electron chi connectivity index (χ2n) is 14.6. The normalized spacial score (nSPS) is 12.2. The van der Waals surface area contributed by atoms with Gasteiger partial charge in [-0.1, -0.05) is 64.8 Å². The molecule has 8 rings (SSSR count). The van der Waals surface area contributed by atoms with Crippen LogP contribution in [0.5, 0.6) is 11.5 Å². The molecule has 0 radical (unpaired) electrons. The fourth-order valence-corrected chi connectivity index (χ4v) is 13.4. The molecular formula is C42H43N13O8S7. The Morgan fingerprint density at radius 1 is 0.629 bits per heavy atom. The van der Waals surface area contributed by atoms with Gasteiger partial charge in [-0.3, -0.25) is 9.11 Å². The molecule has 0 fully saturated rings. The molecule has 28 heteroatoms. The Morgan fingerprint density at radius 3 is 1.47 bits per heavy atom. The van der Waals surface area contributed by atoms with Gasteiger partial charge >= 0.3 is 20.2 Å². The van der Waals surface area contributed by atoms with E-state index >= 15 is 0 Å². The van der Waals surface area contributed by atoms with Crippen molar-refractivity contribution in [2.24, 2.45) is 20.5 Å². The number of rotatable bonds is 21. The summed E-state index contributed by atoms with van der Waals surface area (Å²) in [7, 11) is -6.60. The molecule has 0 amide bonds. The minimum atomic E-state index is -4.60. The lowest BCUT2D eigenvalue weighted by Gasteiger charge is -2.22. The molecule has 21 nitrogen and oxygen atoms in total. The Kier molecular flexibility index (Phi) is 15.5. The summed E-state index contributed by atoms with van der Waals surface area (Å²) in [4.78, 5) is 19.5. The molecule has 0 atom stereocenters. The number of aromatic nitrogens is 5. The standard InChI is InChI=1S/C42H43N13O8S7/c1-7-54(8-2)24-16-18-26(48-50-34-30-32(62-5)38(69(56,57)58)65-36(30)52-67-34)28(20-24)43-40-45-41(47-42(46-40)64-22-23-14-12-11-13-15-23)44-29-21-25(55(9-3)10-4)17-19-27(29)49-51-35-31-33(63-6)39(70(59,60)61)66-37(31)53-68-35/h11-21H,7-10,22H2,1-6H3,(H,56,57,58)(H,59,60,61)(H2,43,44,45,46,47). The van der Waals surface area contributed by atoms with Crippen molar-refractivity contribution < 1.29 is 35.4 Å². The van der Waals surface area contributed by atoms with E-state index in [1.807, 2.05) is 82.3 Å². The van der Waals surface area contributed by atoms with E-state index in [-0.39, 0.29) is 41.8 Å². The largest absolute Gasteiger partial charge is 0.494 e. The van der Waals surface area contributed by atoms with Crippen LogP contribution in [0, 0.1) is 0 Å². The number of hydrogen-bond acceptors (Lipinski definition) is 24. The SMILES string of the molecule is CCN(CC)c1ccc(N=Nc2snc3sc(S(=O)(=O)O)c(OC)c23)c(Nc2nc(Nc3cc(N(CC)CC)ccc3N=Nc3snc4sc(S(=O)(=O)O)c(OC)c34)nc(SCc3ccccc3)n2)c1. The number of hydrogen-bond donors (Lipinski definition) is 4. The smallest absolute Gasteiger partial charge is 0.307 e. The third-order valence-corrected chi connectivity index (χ3v) is 17.8. The van der Waals surface area contributed by atoms with E-state index in [0.29, 0.717) is 54.1 Å². The van der Waals surface area contributed by atoms with Gasteiger partial charge in [-0.2, -0.15) is 40.5 Å². The van der Waals surface area contributed by atoms with Crippen molar-refractivity contribution in [2.75, 3.05) is 60.8 Å². The van der Waals surface area contributed by atoms with Gasteiger partial charge < -0.3 is 29.9 Å². The van der Waals surface area contributed by atoms with Crippen LogP contribution in [0.3, 0.4) is 0 Å². The number of nitrogens with zero attached hydrogens (tertiary/aromatic N) is 11. The fourth-order valence-electron chi connectivity index (χ4n) is 7.07. The quantitative estimate of drug-likeness (QED) is 0.0296. The molecule has 0 saturated carbocycles. The Hall–Kier alpha value is -5.98. The first kappa shape index (κ1) is 50.4. The molecular weight excluding hydrogens is 1040 g/mol. The maximum absolute atomic E-state index is 12.2. The first-order chi connectivity index (χ1) is 33.6. The highest BCUT2D eigenvalue weighted by molar-refractivity contribution is 7.98. The number of anilines is 6. The maximum atomic E-state index is 12.2. The van der Waals surface area contributed by atoms with E-state index in [2.05, 4.69) is 49.6 Å². The highest BCUT2D eigenvalue weighted by atomic mass is 32.3. The predicted molar refractivity (Wildman–Crippen MR) is 278 cm³/mol. The topological polar surface area (TPSA) is 272 Å². The Bertz CT molecular complexity index is 3260. The summed E-state index contributed by atoms with van der Waals surface area (Å²) in [5, 5.41) is 26.5. The second kappa shape index (κ2) is 21.6. The number of thiophene rings is 2. The number of methoxy groups -OCH3 is 2. The third-order valence-electron chi connectivity index (χ3n) is 10.4. The molecule has 0 spiro atoms. The molecule has 0 aliphatic rings. The van der Waals surface area contributed by atoms with Crippen LogP contribution < -0.4 is 29.9 Å².